The van der Waals surface area contributed by atoms with Crippen LogP contribution in [0.15, 0.2) is 71.2 Å². The normalized spacial score (nSPS) is 12.9. The smallest absolute Gasteiger partial charge is 0.411 e. The van der Waals surface area contributed by atoms with Gasteiger partial charge in [-0.25, -0.2) is 4.79 Å². The van der Waals surface area contributed by atoms with Crippen molar-refractivity contribution in [1.29, 1.82) is 0 Å². The maximum Gasteiger partial charge on any atom is 0.411 e. The Morgan fingerprint density at radius 2 is 1.63 bits per heavy atom. The molecule has 3 N–H and O–H groups in total. The number of carbonyl (C=O) groups is 3. The third-order valence-corrected chi connectivity index (χ3v) is 6.38. The molecule has 1 aliphatic rings. The van der Waals surface area contributed by atoms with E-state index < -0.39 is 12.1 Å². The van der Waals surface area contributed by atoms with Crippen molar-refractivity contribution in [3.05, 3.63) is 87.9 Å². The van der Waals surface area contributed by atoms with Gasteiger partial charge in [-0.15, -0.1) is 0 Å². The van der Waals surface area contributed by atoms with Crippen LogP contribution in [-0.2, 0) is 9.53 Å². The van der Waals surface area contributed by atoms with Crippen LogP contribution >= 0.6 is 15.9 Å². The summed E-state index contributed by atoms with van der Waals surface area (Å²) < 4.78 is 6.19. The standard InChI is InChI=1S/C27H25BrN2O5/c1-16(10-11-25(31)32)29-26(33)17-12-18(28)14-19(13-17)30-27(34)35-15-24-22-8-4-2-6-20(22)21-7-3-5-9-23(21)24/h2-9,12-14,16,24H,10-11,15H2,1H3,(H,29,33)(H,30,34)(H,31,32). The fourth-order valence-electron chi connectivity index (χ4n) is 4.26. The highest BCUT2D eigenvalue weighted by Crippen LogP contribution is 2.44. The number of hydrogen-bond acceptors (Lipinski definition) is 4. The maximum atomic E-state index is 12.6. The summed E-state index contributed by atoms with van der Waals surface area (Å²) in [6.45, 7) is 1.93. The predicted molar refractivity (Wildman–Crippen MR) is 137 cm³/mol. The van der Waals surface area contributed by atoms with Crippen molar-refractivity contribution in [1.82, 2.24) is 5.32 Å². The van der Waals surface area contributed by atoms with Gasteiger partial charge in [-0.3, -0.25) is 14.9 Å². The highest BCUT2D eigenvalue weighted by atomic mass is 79.9. The first-order valence-electron chi connectivity index (χ1n) is 11.3. The number of hydrogen-bond donors (Lipinski definition) is 3. The average molecular weight is 537 g/mol. The van der Waals surface area contributed by atoms with Gasteiger partial charge in [-0.2, -0.15) is 0 Å². The number of nitrogens with one attached hydrogen (secondary N) is 2. The van der Waals surface area contributed by atoms with E-state index in [4.69, 9.17) is 9.84 Å². The van der Waals surface area contributed by atoms with E-state index in [-0.39, 0.29) is 30.9 Å². The second-order valence-electron chi connectivity index (χ2n) is 8.49. The average Bonchev–Trinajstić information content (AvgIpc) is 3.15. The van der Waals surface area contributed by atoms with E-state index in [0.717, 1.165) is 22.3 Å². The first kappa shape index (κ1) is 24.5. The highest BCUT2D eigenvalue weighted by molar-refractivity contribution is 9.10. The Balaban J connectivity index is 1.40. The van der Waals surface area contributed by atoms with Gasteiger partial charge in [0.1, 0.15) is 6.61 Å². The molecule has 0 fully saturated rings. The van der Waals surface area contributed by atoms with Crippen molar-refractivity contribution in [2.75, 3.05) is 11.9 Å². The summed E-state index contributed by atoms with van der Waals surface area (Å²) in [7, 11) is 0. The molecular formula is C27H25BrN2O5. The highest BCUT2D eigenvalue weighted by Gasteiger charge is 2.29. The Morgan fingerprint density at radius 3 is 2.26 bits per heavy atom. The summed E-state index contributed by atoms with van der Waals surface area (Å²) in [6.07, 6.45) is -0.333. The first-order valence-corrected chi connectivity index (χ1v) is 12.1. The number of carbonyl (C=O) groups excluding carboxylic acids is 2. The van der Waals surface area contributed by atoms with Crippen LogP contribution in [0.3, 0.4) is 0 Å². The minimum atomic E-state index is -0.914. The van der Waals surface area contributed by atoms with Gasteiger partial charge in [-0.05, 0) is 53.8 Å². The van der Waals surface area contributed by atoms with Gasteiger partial charge in [0.15, 0.2) is 0 Å². The maximum absolute atomic E-state index is 12.6. The van der Waals surface area contributed by atoms with E-state index in [1.165, 1.54) is 0 Å². The van der Waals surface area contributed by atoms with Crippen LogP contribution in [0.1, 0.15) is 47.2 Å². The Labute approximate surface area is 211 Å². The second-order valence-corrected chi connectivity index (χ2v) is 9.40. The van der Waals surface area contributed by atoms with Gasteiger partial charge >= 0.3 is 12.1 Å². The summed E-state index contributed by atoms with van der Waals surface area (Å²) in [5, 5.41) is 14.3. The van der Waals surface area contributed by atoms with E-state index >= 15 is 0 Å². The number of benzene rings is 3. The molecule has 180 valence electrons. The second kappa shape index (κ2) is 10.7. The molecule has 1 atom stereocenters. The quantitative estimate of drug-likeness (QED) is 0.337. The van der Waals surface area contributed by atoms with Gasteiger partial charge < -0.3 is 15.2 Å². The van der Waals surface area contributed by atoms with Crippen molar-refractivity contribution >= 4 is 39.6 Å². The third kappa shape index (κ3) is 5.89. The molecular weight excluding hydrogens is 512 g/mol. The Kier molecular flexibility index (Phi) is 7.51. The van der Waals surface area contributed by atoms with Crippen molar-refractivity contribution in [2.45, 2.75) is 31.7 Å². The zero-order chi connectivity index (χ0) is 24.9. The zero-order valence-electron chi connectivity index (χ0n) is 19.1. The topological polar surface area (TPSA) is 105 Å². The molecule has 0 aromatic heterocycles. The molecule has 0 bridgehead atoms. The fraction of sp³-hybridized carbons (Fsp3) is 0.222. The largest absolute Gasteiger partial charge is 0.481 e. The number of carboxylic acid groups (broad SMARTS) is 1. The number of aliphatic carboxylic acids is 1. The summed E-state index contributed by atoms with van der Waals surface area (Å²) >= 11 is 3.37. The van der Waals surface area contributed by atoms with Gasteiger partial charge in [0.2, 0.25) is 0 Å². The molecule has 0 heterocycles. The van der Waals surface area contributed by atoms with Crippen LogP contribution in [0.5, 0.6) is 0 Å². The number of rotatable bonds is 8. The molecule has 3 aromatic carbocycles. The monoisotopic (exact) mass is 536 g/mol. The van der Waals surface area contributed by atoms with Crippen LogP contribution in [-0.4, -0.2) is 35.7 Å². The van der Waals surface area contributed by atoms with Gasteiger partial charge in [0.25, 0.3) is 5.91 Å². The van der Waals surface area contributed by atoms with Gasteiger partial charge in [-0.1, -0.05) is 64.5 Å². The molecule has 0 saturated heterocycles. The molecule has 7 nitrogen and oxygen atoms in total. The lowest BCUT2D eigenvalue weighted by Gasteiger charge is -2.16. The molecule has 0 radical (unpaired) electrons. The molecule has 0 aliphatic heterocycles. The van der Waals surface area contributed by atoms with Crippen LogP contribution in [0.4, 0.5) is 10.5 Å². The number of halogens is 1. The lowest BCUT2D eigenvalue weighted by molar-refractivity contribution is -0.137. The zero-order valence-corrected chi connectivity index (χ0v) is 20.7. The number of anilines is 1. The fourth-order valence-corrected chi connectivity index (χ4v) is 4.76. The molecule has 0 saturated carbocycles. The number of amides is 2. The van der Waals surface area contributed by atoms with E-state index in [2.05, 4.69) is 50.8 Å². The van der Waals surface area contributed by atoms with E-state index in [1.807, 2.05) is 24.3 Å². The number of ether oxygens (including phenoxy) is 1. The van der Waals surface area contributed by atoms with Gasteiger partial charge in [0, 0.05) is 34.1 Å². The lowest BCUT2D eigenvalue weighted by atomic mass is 9.98. The summed E-state index contributed by atoms with van der Waals surface area (Å²) in [4.78, 5) is 35.9. The van der Waals surface area contributed by atoms with Crippen molar-refractivity contribution in [3.63, 3.8) is 0 Å². The molecule has 2 amide bonds. The van der Waals surface area contributed by atoms with E-state index in [1.54, 1.807) is 25.1 Å². The van der Waals surface area contributed by atoms with Crippen molar-refractivity contribution in [3.8, 4) is 11.1 Å². The van der Waals surface area contributed by atoms with Gasteiger partial charge in [0.05, 0.1) is 0 Å². The molecule has 8 heteroatoms. The first-order chi connectivity index (χ1) is 16.8. The lowest BCUT2D eigenvalue weighted by Crippen LogP contribution is -2.33. The molecule has 35 heavy (non-hydrogen) atoms. The van der Waals surface area contributed by atoms with Crippen LogP contribution in [0.25, 0.3) is 11.1 Å². The minimum Gasteiger partial charge on any atom is -0.481 e. The summed E-state index contributed by atoms with van der Waals surface area (Å²) in [5.74, 6) is -1.33. The molecule has 3 aromatic rings. The molecule has 0 spiro atoms. The van der Waals surface area contributed by atoms with Crippen LogP contribution in [0.2, 0.25) is 0 Å². The number of carboxylic acids is 1. The Hall–Kier alpha value is -3.65. The van der Waals surface area contributed by atoms with Crippen molar-refractivity contribution < 1.29 is 24.2 Å². The molecule has 1 unspecified atom stereocenters. The Bertz CT molecular complexity index is 1230. The molecule has 4 rings (SSSR count). The third-order valence-electron chi connectivity index (χ3n) is 5.92. The van der Waals surface area contributed by atoms with Crippen LogP contribution < -0.4 is 10.6 Å². The van der Waals surface area contributed by atoms with Crippen LogP contribution in [0, 0.1) is 0 Å². The summed E-state index contributed by atoms with van der Waals surface area (Å²) in [5.41, 5.74) is 5.28. The minimum absolute atomic E-state index is 0.0332. The van der Waals surface area contributed by atoms with E-state index in [9.17, 15) is 14.4 Å². The molecule has 1 aliphatic carbocycles. The SMILES string of the molecule is CC(CCC(=O)O)NC(=O)c1cc(Br)cc(NC(=O)OCC2c3ccccc3-c3ccccc32)c1. The van der Waals surface area contributed by atoms with Crippen molar-refractivity contribution in [2.24, 2.45) is 0 Å². The Morgan fingerprint density at radius 1 is 1.00 bits per heavy atom. The number of fused-ring (bicyclic) bond motifs is 3. The predicted octanol–water partition coefficient (Wildman–Crippen LogP) is 5.79. The van der Waals surface area contributed by atoms with E-state index in [0.29, 0.717) is 22.1 Å². The summed E-state index contributed by atoms with van der Waals surface area (Å²) in [6, 6.07) is 20.8.